The van der Waals surface area contributed by atoms with Crippen LogP contribution >= 0.6 is 11.8 Å². The fourth-order valence-electron chi connectivity index (χ4n) is 1.92. The highest BCUT2D eigenvalue weighted by Crippen LogP contribution is 2.22. The Balaban J connectivity index is 1.73. The largest absolute Gasteiger partial charge is 0.508 e. The molecule has 0 aliphatic heterocycles. The molecule has 0 saturated carbocycles. The zero-order valence-corrected chi connectivity index (χ0v) is 12.8. The Hall–Kier alpha value is -1.94. The molecule has 110 valence electrons. The summed E-state index contributed by atoms with van der Waals surface area (Å²) >= 11 is 1.70. The van der Waals surface area contributed by atoms with Crippen molar-refractivity contribution in [3.63, 3.8) is 0 Å². The highest BCUT2D eigenvalue weighted by atomic mass is 32.2. The quantitative estimate of drug-likeness (QED) is 0.649. The molecule has 0 aromatic heterocycles. The van der Waals surface area contributed by atoms with E-state index in [4.69, 9.17) is 0 Å². The summed E-state index contributed by atoms with van der Waals surface area (Å²) in [6.07, 6.45) is 1.37. The monoisotopic (exact) mass is 301 g/mol. The van der Waals surface area contributed by atoms with Crippen molar-refractivity contribution in [2.24, 2.45) is 0 Å². The molecule has 2 rings (SSSR count). The summed E-state index contributed by atoms with van der Waals surface area (Å²) < 4.78 is 0. The first-order chi connectivity index (χ1) is 10.2. The van der Waals surface area contributed by atoms with Crippen molar-refractivity contribution in [1.29, 1.82) is 0 Å². The lowest BCUT2D eigenvalue weighted by Gasteiger charge is -2.17. The lowest BCUT2D eigenvalue weighted by atomic mass is 10.2. The first-order valence-corrected chi connectivity index (χ1v) is 7.89. The maximum atomic E-state index is 12.1. The summed E-state index contributed by atoms with van der Waals surface area (Å²) in [5, 5.41) is 9.21. The van der Waals surface area contributed by atoms with Crippen LogP contribution in [0, 0.1) is 0 Å². The van der Waals surface area contributed by atoms with Gasteiger partial charge in [-0.05, 0) is 48.6 Å². The van der Waals surface area contributed by atoms with Gasteiger partial charge in [0.05, 0.1) is 0 Å². The van der Waals surface area contributed by atoms with Crippen molar-refractivity contribution in [2.75, 3.05) is 17.7 Å². The third kappa shape index (κ3) is 4.83. The summed E-state index contributed by atoms with van der Waals surface area (Å²) in [6.45, 7) is 0. The van der Waals surface area contributed by atoms with Crippen LogP contribution in [0.1, 0.15) is 12.8 Å². The number of benzene rings is 2. The third-order valence-corrected chi connectivity index (χ3v) is 4.26. The normalized spacial score (nSPS) is 10.3. The molecule has 0 unspecified atom stereocenters. The Kier molecular flexibility index (Phi) is 5.69. The van der Waals surface area contributed by atoms with Crippen molar-refractivity contribution in [2.45, 2.75) is 17.7 Å². The maximum absolute atomic E-state index is 12.1. The third-order valence-electron chi connectivity index (χ3n) is 3.16. The number of carbonyl (C=O) groups is 1. The van der Waals surface area contributed by atoms with E-state index in [9.17, 15) is 9.90 Å². The minimum Gasteiger partial charge on any atom is -0.508 e. The summed E-state index contributed by atoms with van der Waals surface area (Å²) in [7, 11) is 1.81. The smallest absolute Gasteiger partial charge is 0.226 e. The van der Waals surface area contributed by atoms with Gasteiger partial charge in [-0.15, -0.1) is 11.8 Å². The van der Waals surface area contributed by atoms with E-state index in [1.54, 1.807) is 28.8 Å². The lowest BCUT2D eigenvalue weighted by molar-refractivity contribution is -0.118. The van der Waals surface area contributed by atoms with E-state index in [2.05, 4.69) is 0 Å². The number of aromatic hydroxyl groups is 1. The average molecular weight is 301 g/mol. The molecule has 0 atom stereocenters. The maximum Gasteiger partial charge on any atom is 0.226 e. The number of anilines is 1. The van der Waals surface area contributed by atoms with E-state index in [0.29, 0.717) is 6.42 Å². The Morgan fingerprint density at radius 3 is 2.43 bits per heavy atom. The predicted molar refractivity (Wildman–Crippen MR) is 87.9 cm³/mol. The summed E-state index contributed by atoms with van der Waals surface area (Å²) in [5.41, 5.74) is 0.925. The van der Waals surface area contributed by atoms with Gasteiger partial charge in [0.25, 0.3) is 0 Å². The van der Waals surface area contributed by atoms with Crippen LogP contribution in [0.4, 0.5) is 5.69 Å². The number of carbonyl (C=O) groups excluding carboxylic acids is 1. The number of phenolic OH excluding ortho intramolecular Hbond substituents is 1. The molecule has 2 aromatic carbocycles. The van der Waals surface area contributed by atoms with Crippen molar-refractivity contribution in [3.8, 4) is 5.75 Å². The van der Waals surface area contributed by atoms with E-state index in [0.717, 1.165) is 22.8 Å². The van der Waals surface area contributed by atoms with E-state index < -0.39 is 0 Å². The number of amides is 1. The van der Waals surface area contributed by atoms with Crippen LogP contribution in [0.2, 0.25) is 0 Å². The number of nitrogens with zero attached hydrogens (tertiary/aromatic N) is 1. The Bertz CT molecular complexity index is 569. The van der Waals surface area contributed by atoms with Crippen molar-refractivity contribution in [1.82, 2.24) is 0 Å². The van der Waals surface area contributed by atoms with Crippen LogP contribution < -0.4 is 4.90 Å². The molecule has 0 fully saturated rings. The number of thioether (sulfide) groups is 1. The van der Waals surface area contributed by atoms with Gasteiger partial charge in [0.1, 0.15) is 5.75 Å². The van der Waals surface area contributed by atoms with Crippen LogP contribution in [0.3, 0.4) is 0 Å². The first-order valence-electron chi connectivity index (χ1n) is 6.90. The number of hydrogen-bond acceptors (Lipinski definition) is 3. The average Bonchev–Trinajstić information content (AvgIpc) is 2.53. The van der Waals surface area contributed by atoms with Gasteiger partial charge in [-0.2, -0.15) is 0 Å². The highest BCUT2D eigenvalue weighted by Gasteiger charge is 2.09. The molecule has 0 spiro atoms. The topological polar surface area (TPSA) is 40.5 Å². The van der Waals surface area contributed by atoms with Gasteiger partial charge in [-0.25, -0.2) is 0 Å². The molecular weight excluding hydrogens is 282 g/mol. The van der Waals surface area contributed by atoms with E-state index in [1.807, 2.05) is 49.5 Å². The zero-order chi connectivity index (χ0) is 15.1. The molecule has 2 aromatic rings. The molecule has 0 heterocycles. The molecule has 3 nitrogen and oxygen atoms in total. The summed E-state index contributed by atoms with van der Waals surface area (Å²) in [5.74, 6) is 1.30. The summed E-state index contributed by atoms with van der Waals surface area (Å²) in [6, 6.07) is 16.8. The minimum atomic E-state index is 0.132. The predicted octanol–water partition coefficient (Wildman–Crippen LogP) is 3.93. The van der Waals surface area contributed by atoms with Crippen molar-refractivity contribution < 1.29 is 9.90 Å². The number of hydrogen-bond donors (Lipinski definition) is 1. The molecule has 0 bridgehead atoms. The van der Waals surface area contributed by atoms with Gasteiger partial charge < -0.3 is 10.0 Å². The van der Waals surface area contributed by atoms with Gasteiger partial charge in [0, 0.05) is 24.1 Å². The second-order valence-electron chi connectivity index (χ2n) is 4.73. The standard InChI is InChI=1S/C17H19NO2S/c1-18(14-6-3-2-4-7-14)17(20)8-5-13-21-16-11-9-15(19)10-12-16/h2-4,6-7,9-12,19H,5,8,13H2,1H3. The Morgan fingerprint density at radius 1 is 1.10 bits per heavy atom. The molecule has 1 amide bonds. The van der Waals surface area contributed by atoms with Crippen molar-refractivity contribution in [3.05, 3.63) is 54.6 Å². The molecular formula is C17H19NO2S. The molecule has 0 saturated heterocycles. The van der Waals surface area contributed by atoms with E-state index in [1.165, 1.54) is 0 Å². The molecule has 1 N–H and O–H groups in total. The lowest BCUT2D eigenvalue weighted by Crippen LogP contribution is -2.25. The second kappa shape index (κ2) is 7.74. The van der Waals surface area contributed by atoms with Crippen LogP contribution in [0.5, 0.6) is 5.75 Å². The highest BCUT2D eigenvalue weighted by molar-refractivity contribution is 7.99. The van der Waals surface area contributed by atoms with Gasteiger partial charge in [-0.1, -0.05) is 18.2 Å². The van der Waals surface area contributed by atoms with E-state index >= 15 is 0 Å². The fraction of sp³-hybridized carbons (Fsp3) is 0.235. The minimum absolute atomic E-state index is 0.132. The molecule has 21 heavy (non-hydrogen) atoms. The van der Waals surface area contributed by atoms with Crippen LogP contribution in [-0.4, -0.2) is 23.8 Å². The van der Waals surface area contributed by atoms with Crippen LogP contribution in [0.25, 0.3) is 0 Å². The summed E-state index contributed by atoms with van der Waals surface area (Å²) in [4.78, 5) is 14.9. The van der Waals surface area contributed by atoms with Gasteiger partial charge >= 0.3 is 0 Å². The zero-order valence-electron chi connectivity index (χ0n) is 12.0. The number of phenols is 1. The van der Waals surface area contributed by atoms with Gasteiger partial charge in [0.2, 0.25) is 5.91 Å². The van der Waals surface area contributed by atoms with Gasteiger partial charge in [-0.3, -0.25) is 4.79 Å². The van der Waals surface area contributed by atoms with Crippen molar-refractivity contribution >= 4 is 23.4 Å². The Morgan fingerprint density at radius 2 is 1.76 bits per heavy atom. The van der Waals surface area contributed by atoms with Crippen LogP contribution in [0.15, 0.2) is 59.5 Å². The molecule has 0 radical (unpaired) electrons. The SMILES string of the molecule is CN(C(=O)CCCSc1ccc(O)cc1)c1ccccc1. The fourth-order valence-corrected chi connectivity index (χ4v) is 2.77. The first kappa shape index (κ1) is 15.4. The number of rotatable bonds is 6. The molecule has 4 heteroatoms. The van der Waals surface area contributed by atoms with Gasteiger partial charge in [0.15, 0.2) is 0 Å². The Labute approximate surface area is 129 Å². The molecule has 0 aliphatic carbocycles. The van der Waals surface area contributed by atoms with E-state index in [-0.39, 0.29) is 11.7 Å². The number of para-hydroxylation sites is 1. The van der Waals surface area contributed by atoms with Crippen LogP contribution in [-0.2, 0) is 4.79 Å². The molecule has 0 aliphatic rings. The second-order valence-corrected chi connectivity index (χ2v) is 5.90.